The molecule has 41 heavy (non-hydrogen) atoms. The first kappa shape index (κ1) is 27.3. The molecule has 0 spiro atoms. The molecule has 0 unspecified atom stereocenters. The number of furan rings is 1. The van der Waals surface area contributed by atoms with Crippen LogP contribution in [0.5, 0.6) is 0 Å². The molecule has 2 aliphatic rings. The largest absolute Gasteiger partial charge is 0.478 e. The van der Waals surface area contributed by atoms with Gasteiger partial charge in [0.2, 0.25) is 0 Å². The number of aromatic carboxylic acids is 1. The van der Waals surface area contributed by atoms with E-state index in [1.807, 2.05) is 35.2 Å². The van der Waals surface area contributed by atoms with Gasteiger partial charge in [-0.3, -0.25) is 4.98 Å². The van der Waals surface area contributed by atoms with Crippen LogP contribution in [0.1, 0.15) is 54.2 Å². The quantitative estimate of drug-likeness (QED) is 0.227. The van der Waals surface area contributed by atoms with E-state index in [-0.39, 0.29) is 17.6 Å². The van der Waals surface area contributed by atoms with E-state index in [0.717, 1.165) is 30.2 Å². The van der Waals surface area contributed by atoms with E-state index >= 15 is 0 Å². The molecule has 0 amide bonds. The minimum atomic E-state index is -1.01. The van der Waals surface area contributed by atoms with E-state index in [0.29, 0.717) is 39.1 Å². The normalized spacial score (nSPS) is 22.6. The number of pyridine rings is 1. The van der Waals surface area contributed by atoms with Gasteiger partial charge in [0, 0.05) is 30.5 Å². The highest BCUT2D eigenvalue weighted by atomic mass is 35.5. The standard InChI is InChI=1S/C32H31ClN4O3S/c1-19-15-20(2)18-36(17-19)26-11-10-21(16-24(26)33)37-30(29(35-32(37)41)25-9-5-6-14-34-25)28-13-12-27(40-28)22-7-3-4-8-23(22)31(38)39/h3-14,16,19-20,29-30H,15,17-18H2,1-2H3,(H,35,41)(H,38,39)/t19-,20+,29-,30+/m1/s1. The zero-order valence-electron chi connectivity index (χ0n) is 22.8. The summed E-state index contributed by atoms with van der Waals surface area (Å²) in [6.07, 6.45) is 2.97. The summed E-state index contributed by atoms with van der Waals surface area (Å²) in [5, 5.41) is 14.4. The molecule has 0 aliphatic carbocycles. The van der Waals surface area contributed by atoms with Gasteiger partial charge in [-0.25, -0.2) is 4.79 Å². The molecule has 4 heterocycles. The van der Waals surface area contributed by atoms with Crippen molar-refractivity contribution in [3.8, 4) is 11.3 Å². The van der Waals surface area contributed by atoms with Crippen LogP contribution in [-0.2, 0) is 0 Å². The number of benzene rings is 2. The molecule has 2 fully saturated rings. The molecule has 7 nitrogen and oxygen atoms in total. The van der Waals surface area contributed by atoms with Crippen molar-refractivity contribution in [2.24, 2.45) is 11.8 Å². The Labute approximate surface area is 249 Å². The average molecular weight is 587 g/mol. The van der Waals surface area contributed by atoms with Crippen LogP contribution in [0.4, 0.5) is 11.4 Å². The Kier molecular flexibility index (Phi) is 7.45. The van der Waals surface area contributed by atoms with E-state index in [2.05, 4.69) is 41.2 Å². The maximum absolute atomic E-state index is 11.9. The van der Waals surface area contributed by atoms with Gasteiger partial charge in [0.15, 0.2) is 5.11 Å². The number of carboxylic acid groups (broad SMARTS) is 1. The van der Waals surface area contributed by atoms with Crippen LogP contribution in [0.25, 0.3) is 11.3 Å². The van der Waals surface area contributed by atoms with Crippen molar-refractivity contribution < 1.29 is 14.3 Å². The zero-order valence-corrected chi connectivity index (χ0v) is 24.4. The molecule has 2 aromatic heterocycles. The summed E-state index contributed by atoms with van der Waals surface area (Å²) in [4.78, 5) is 20.9. The van der Waals surface area contributed by atoms with Gasteiger partial charge in [-0.05, 0) is 79.0 Å². The molecule has 9 heteroatoms. The first-order chi connectivity index (χ1) is 19.8. The van der Waals surface area contributed by atoms with E-state index < -0.39 is 5.97 Å². The van der Waals surface area contributed by atoms with E-state index in [1.54, 1.807) is 36.5 Å². The van der Waals surface area contributed by atoms with Gasteiger partial charge in [-0.2, -0.15) is 0 Å². The van der Waals surface area contributed by atoms with Crippen LogP contribution in [0.2, 0.25) is 5.02 Å². The van der Waals surface area contributed by atoms with Crippen LogP contribution in [0, 0.1) is 11.8 Å². The number of carbonyl (C=O) groups is 1. The molecule has 4 atom stereocenters. The van der Waals surface area contributed by atoms with Gasteiger partial charge in [0.25, 0.3) is 0 Å². The lowest BCUT2D eigenvalue weighted by Crippen LogP contribution is -2.38. The lowest BCUT2D eigenvalue weighted by atomic mass is 9.91. The highest BCUT2D eigenvalue weighted by Gasteiger charge is 2.43. The topological polar surface area (TPSA) is 81.8 Å². The van der Waals surface area contributed by atoms with Crippen LogP contribution in [-0.4, -0.2) is 34.3 Å². The maximum Gasteiger partial charge on any atom is 0.336 e. The summed E-state index contributed by atoms with van der Waals surface area (Å²) in [5.41, 5.74) is 3.36. The second-order valence-corrected chi connectivity index (χ2v) is 11.8. The molecule has 0 bridgehead atoms. The number of halogens is 1. The predicted molar refractivity (Wildman–Crippen MR) is 166 cm³/mol. The number of rotatable bonds is 6. The van der Waals surface area contributed by atoms with Gasteiger partial charge in [0.05, 0.1) is 28.0 Å². The summed E-state index contributed by atoms with van der Waals surface area (Å²) < 4.78 is 6.40. The van der Waals surface area contributed by atoms with Gasteiger partial charge in [0.1, 0.15) is 17.6 Å². The second kappa shape index (κ2) is 11.2. The average Bonchev–Trinajstić information content (AvgIpc) is 3.57. The lowest BCUT2D eigenvalue weighted by Gasteiger charge is -2.37. The fourth-order valence-electron chi connectivity index (χ4n) is 6.22. The van der Waals surface area contributed by atoms with Crippen LogP contribution < -0.4 is 15.1 Å². The summed E-state index contributed by atoms with van der Waals surface area (Å²) in [6, 6.07) is 21.7. The Morgan fingerprint density at radius 3 is 2.51 bits per heavy atom. The third kappa shape index (κ3) is 5.29. The number of piperidine rings is 1. The Morgan fingerprint density at radius 2 is 1.80 bits per heavy atom. The fourth-order valence-corrected chi connectivity index (χ4v) is 6.86. The number of nitrogens with one attached hydrogen (secondary N) is 1. The molecule has 6 rings (SSSR count). The Morgan fingerprint density at radius 1 is 1.05 bits per heavy atom. The van der Waals surface area contributed by atoms with E-state index in [1.165, 1.54) is 6.42 Å². The third-order valence-corrected chi connectivity index (χ3v) is 8.48. The molecular formula is C32H31ClN4O3S. The number of carboxylic acids is 1. The fraction of sp³-hybridized carbons (Fsp3) is 0.281. The minimum absolute atomic E-state index is 0.176. The molecular weight excluding hydrogens is 556 g/mol. The van der Waals surface area contributed by atoms with Crippen LogP contribution >= 0.6 is 23.8 Å². The summed E-state index contributed by atoms with van der Waals surface area (Å²) in [6.45, 7) is 6.52. The second-order valence-electron chi connectivity index (χ2n) is 11.0. The number of hydrogen-bond donors (Lipinski definition) is 2. The SMILES string of the molecule is C[C@@H]1C[C@H](C)CN(c2ccc(N3C(=S)N[C@H](c4ccccn4)[C@@H]3c3ccc(-c4ccccc4C(=O)O)o3)cc2Cl)C1. The Bertz CT molecular complexity index is 1580. The molecule has 0 radical (unpaired) electrons. The van der Waals surface area contributed by atoms with Crippen molar-refractivity contribution in [1.82, 2.24) is 10.3 Å². The van der Waals surface area contributed by atoms with Gasteiger partial charge in [-0.1, -0.05) is 49.7 Å². The molecule has 4 aromatic rings. The smallest absolute Gasteiger partial charge is 0.336 e. The third-order valence-electron chi connectivity index (χ3n) is 7.86. The molecule has 2 N–H and O–H groups in total. The van der Waals surface area contributed by atoms with E-state index in [4.69, 9.17) is 28.2 Å². The van der Waals surface area contributed by atoms with Gasteiger partial charge < -0.3 is 24.6 Å². The minimum Gasteiger partial charge on any atom is -0.478 e. The van der Waals surface area contributed by atoms with Crippen molar-refractivity contribution in [3.63, 3.8) is 0 Å². The van der Waals surface area contributed by atoms with Crippen molar-refractivity contribution in [1.29, 1.82) is 0 Å². The van der Waals surface area contributed by atoms with Gasteiger partial charge >= 0.3 is 5.97 Å². The Balaban J connectivity index is 1.40. The molecule has 210 valence electrons. The highest BCUT2D eigenvalue weighted by molar-refractivity contribution is 7.80. The predicted octanol–water partition coefficient (Wildman–Crippen LogP) is 7.35. The summed E-state index contributed by atoms with van der Waals surface area (Å²) >= 11 is 12.8. The lowest BCUT2D eigenvalue weighted by molar-refractivity contribution is 0.0697. The number of thiocarbonyl (C=S) groups is 1. The summed E-state index contributed by atoms with van der Waals surface area (Å²) in [5.74, 6) is 1.29. The maximum atomic E-state index is 11.9. The number of nitrogens with zero attached hydrogens (tertiary/aromatic N) is 3. The monoisotopic (exact) mass is 586 g/mol. The Hall–Kier alpha value is -3.88. The summed E-state index contributed by atoms with van der Waals surface area (Å²) in [7, 11) is 0. The molecule has 2 aliphatic heterocycles. The zero-order chi connectivity index (χ0) is 28.7. The number of anilines is 2. The van der Waals surface area contributed by atoms with Crippen molar-refractivity contribution >= 4 is 46.3 Å². The van der Waals surface area contributed by atoms with Crippen molar-refractivity contribution in [2.75, 3.05) is 22.9 Å². The molecule has 0 saturated carbocycles. The molecule has 2 saturated heterocycles. The van der Waals surface area contributed by atoms with Crippen LogP contribution in [0.3, 0.4) is 0 Å². The van der Waals surface area contributed by atoms with Crippen molar-refractivity contribution in [3.05, 3.63) is 101 Å². The molecule has 2 aromatic carbocycles. The van der Waals surface area contributed by atoms with Crippen molar-refractivity contribution in [2.45, 2.75) is 32.4 Å². The van der Waals surface area contributed by atoms with Crippen LogP contribution in [0.15, 0.2) is 83.4 Å². The first-order valence-corrected chi connectivity index (χ1v) is 14.6. The number of hydrogen-bond acceptors (Lipinski definition) is 5. The number of aromatic nitrogens is 1. The highest BCUT2D eigenvalue weighted by Crippen LogP contribution is 2.45. The van der Waals surface area contributed by atoms with E-state index in [9.17, 15) is 9.90 Å². The van der Waals surface area contributed by atoms with Gasteiger partial charge in [-0.15, -0.1) is 0 Å². The first-order valence-electron chi connectivity index (χ1n) is 13.8.